The number of hydrogen-bond acceptors (Lipinski definition) is 7. The molecule has 1 N–H and O–H groups in total. The van der Waals surface area contributed by atoms with Crippen molar-refractivity contribution < 1.29 is 32.2 Å². The highest BCUT2D eigenvalue weighted by Crippen LogP contribution is 2.43. The Morgan fingerprint density at radius 2 is 2.15 bits per heavy atom. The van der Waals surface area contributed by atoms with E-state index >= 15 is 0 Å². The standard InChI is InChI=1S/C16H14BrNO7S/c1-7(25-26(22)23)11-9(3-2-4-10(11)17)14(19)12-13(16(20)21)18-24-15(12)8-5-6-8/h2-4,7-8H,5-6H2,1H3,(H,20,21)(H,22,23)/p-1. The highest BCUT2D eigenvalue weighted by molar-refractivity contribution is 9.10. The molecular weight excluding hydrogens is 430 g/mol. The number of aromatic carboxylic acids is 1. The minimum Gasteiger partial charge on any atom is -0.750 e. The quantitative estimate of drug-likeness (QED) is 0.511. The number of benzene rings is 1. The lowest BCUT2D eigenvalue weighted by Gasteiger charge is -2.19. The molecule has 1 aromatic carbocycles. The molecule has 1 heterocycles. The van der Waals surface area contributed by atoms with Crippen molar-refractivity contribution in [3.8, 4) is 0 Å². The summed E-state index contributed by atoms with van der Waals surface area (Å²) in [5, 5.41) is 12.9. The van der Waals surface area contributed by atoms with Gasteiger partial charge in [-0.1, -0.05) is 33.2 Å². The lowest BCUT2D eigenvalue weighted by atomic mass is 9.94. The van der Waals surface area contributed by atoms with Gasteiger partial charge in [-0.2, -0.15) is 0 Å². The fraction of sp³-hybridized carbons (Fsp3) is 0.312. The summed E-state index contributed by atoms with van der Waals surface area (Å²) in [5.41, 5.74) is -0.149. The molecule has 1 aliphatic carbocycles. The van der Waals surface area contributed by atoms with E-state index in [1.54, 1.807) is 12.1 Å². The summed E-state index contributed by atoms with van der Waals surface area (Å²) in [4.78, 5) is 24.6. The topological polar surface area (TPSA) is 130 Å². The number of aromatic nitrogens is 1. The molecule has 10 heteroatoms. The second-order valence-electron chi connectivity index (χ2n) is 5.82. The number of carbonyl (C=O) groups is 2. The van der Waals surface area contributed by atoms with Gasteiger partial charge in [0, 0.05) is 21.5 Å². The van der Waals surface area contributed by atoms with Crippen molar-refractivity contribution in [3.05, 3.63) is 50.8 Å². The van der Waals surface area contributed by atoms with Crippen LogP contribution in [0.1, 0.15) is 69.5 Å². The van der Waals surface area contributed by atoms with Crippen LogP contribution >= 0.6 is 15.9 Å². The Morgan fingerprint density at radius 1 is 1.46 bits per heavy atom. The second-order valence-corrected chi connectivity index (χ2v) is 7.28. The van der Waals surface area contributed by atoms with Crippen molar-refractivity contribution >= 4 is 39.0 Å². The third kappa shape index (κ3) is 3.63. The van der Waals surface area contributed by atoms with Crippen molar-refractivity contribution in [2.24, 2.45) is 0 Å². The van der Waals surface area contributed by atoms with E-state index in [1.165, 1.54) is 13.0 Å². The Morgan fingerprint density at radius 3 is 2.73 bits per heavy atom. The molecule has 1 saturated carbocycles. The van der Waals surface area contributed by atoms with Crippen LogP contribution in [0.4, 0.5) is 0 Å². The first-order valence-corrected chi connectivity index (χ1v) is 9.43. The maximum Gasteiger partial charge on any atom is 0.358 e. The van der Waals surface area contributed by atoms with Gasteiger partial charge in [0.2, 0.25) is 5.69 Å². The number of rotatable bonds is 7. The number of carboxylic acids is 1. The number of carbonyl (C=O) groups excluding carboxylic acids is 1. The third-order valence-corrected chi connectivity index (χ3v) is 5.16. The third-order valence-electron chi connectivity index (χ3n) is 4.02. The number of carboxylic acid groups (broad SMARTS) is 1. The van der Waals surface area contributed by atoms with Gasteiger partial charge < -0.3 is 14.2 Å². The van der Waals surface area contributed by atoms with Gasteiger partial charge in [0.15, 0.2) is 11.5 Å². The van der Waals surface area contributed by atoms with Crippen LogP contribution < -0.4 is 0 Å². The molecule has 0 bridgehead atoms. The van der Waals surface area contributed by atoms with Crippen LogP contribution in [-0.4, -0.2) is 30.8 Å². The molecule has 0 spiro atoms. The fourth-order valence-corrected chi connectivity index (χ4v) is 3.76. The van der Waals surface area contributed by atoms with E-state index in [2.05, 4.69) is 21.1 Å². The molecule has 0 saturated heterocycles. The Kier molecular flexibility index (Phi) is 5.37. The maximum atomic E-state index is 13.2. The summed E-state index contributed by atoms with van der Waals surface area (Å²) in [6.07, 6.45) is 0.615. The summed E-state index contributed by atoms with van der Waals surface area (Å²) >= 11 is 0.505. The normalized spacial score (nSPS) is 16.3. The average molecular weight is 443 g/mol. The van der Waals surface area contributed by atoms with Crippen LogP contribution in [0.3, 0.4) is 0 Å². The predicted octanol–water partition coefficient (Wildman–Crippen LogP) is 3.12. The lowest BCUT2D eigenvalue weighted by Crippen LogP contribution is -2.15. The molecule has 0 amide bonds. The van der Waals surface area contributed by atoms with Crippen LogP contribution in [0.25, 0.3) is 0 Å². The predicted molar refractivity (Wildman–Crippen MR) is 91.4 cm³/mol. The molecule has 0 radical (unpaired) electrons. The number of ketones is 1. The van der Waals surface area contributed by atoms with E-state index in [0.29, 0.717) is 10.0 Å². The zero-order valence-corrected chi connectivity index (χ0v) is 15.8. The van der Waals surface area contributed by atoms with Crippen LogP contribution in [0.15, 0.2) is 27.2 Å². The number of nitrogens with zero attached hydrogens (tertiary/aromatic N) is 1. The van der Waals surface area contributed by atoms with Crippen molar-refractivity contribution in [2.75, 3.05) is 0 Å². The monoisotopic (exact) mass is 442 g/mol. The van der Waals surface area contributed by atoms with Crippen LogP contribution in [0.2, 0.25) is 0 Å². The van der Waals surface area contributed by atoms with Gasteiger partial charge in [-0.25, -0.2) is 9.00 Å². The van der Waals surface area contributed by atoms with Crippen molar-refractivity contribution in [1.29, 1.82) is 0 Å². The second kappa shape index (κ2) is 7.39. The SMILES string of the molecule is CC(OS(=O)[O-])c1c(Br)cccc1C(=O)c1c(C(=O)O)noc1C1CC1. The Hall–Kier alpha value is -1.88. The first-order chi connectivity index (χ1) is 12.3. The smallest absolute Gasteiger partial charge is 0.358 e. The lowest BCUT2D eigenvalue weighted by molar-refractivity contribution is 0.0682. The van der Waals surface area contributed by atoms with Crippen LogP contribution in [0, 0.1) is 0 Å². The summed E-state index contributed by atoms with van der Waals surface area (Å²) in [6, 6.07) is 4.70. The highest BCUT2D eigenvalue weighted by Gasteiger charge is 2.38. The van der Waals surface area contributed by atoms with Gasteiger partial charge in [0.05, 0.1) is 17.5 Å². The van der Waals surface area contributed by atoms with Crippen molar-refractivity contribution in [2.45, 2.75) is 31.8 Å². The Bertz CT molecular complexity index is 906. The van der Waals surface area contributed by atoms with Gasteiger partial charge >= 0.3 is 5.97 Å². The van der Waals surface area contributed by atoms with E-state index in [-0.39, 0.29) is 22.8 Å². The van der Waals surface area contributed by atoms with E-state index in [1.807, 2.05) is 0 Å². The van der Waals surface area contributed by atoms with E-state index in [0.717, 1.165) is 12.8 Å². The molecule has 1 aromatic heterocycles. The minimum absolute atomic E-state index is 0.0343. The molecule has 8 nitrogen and oxygen atoms in total. The Balaban J connectivity index is 2.12. The summed E-state index contributed by atoms with van der Waals surface area (Å²) < 4.78 is 32.1. The van der Waals surface area contributed by atoms with Gasteiger partial charge in [-0.15, -0.1) is 0 Å². The molecule has 138 valence electrons. The first-order valence-electron chi connectivity index (χ1n) is 7.63. The molecule has 2 aromatic rings. The van der Waals surface area contributed by atoms with Crippen LogP contribution in [-0.2, 0) is 15.5 Å². The van der Waals surface area contributed by atoms with Crippen molar-refractivity contribution in [1.82, 2.24) is 5.16 Å². The van der Waals surface area contributed by atoms with E-state index in [4.69, 9.17) is 8.71 Å². The zero-order valence-electron chi connectivity index (χ0n) is 13.4. The van der Waals surface area contributed by atoms with Gasteiger partial charge in [0.25, 0.3) is 0 Å². The molecule has 2 unspecified atom stereocenters. The number of hydrogen-bond donors (Lipinski definition) is 1. The molecule has 1 fully saturated rings. The Labute approximate surface area is 159 Å². The molecule has 0 aliphatic heterocycles. The average Bonchev–Trinajstić information content (AvgIpc) is 3.31. The van der Waals surface area contributed by atoms with Gasteiger partial charge in [0.1, 0.15) is 5.56 Å². The highest BCUT2D eigenvalue weighted by atomic mass is 79.9. The summed E-state index contributed by atoms with van der Waals surface area (Å²) in [5.74, 6) is -1.76. The fourth-order valence-electron chi connectivity index (χ4n) is 2.74. The van der Waals surface area contributed by atoms with E-state index in [9.17, 15) is 23.5 Å². The summed E-state index contributed by atoms with van der Waals surface area (Å²) in [6.45, 7) is 1.47. The van der Waals surface area contributed by atoms with Gasteiger partial charge in [-0.05, 0) is 25.8 Å². The first kappa shape index (κ1) is 18.9. The zero-order chi connectivity index (χ0) is 19.0. The molecular formula is C16H13BrNO7S-. The largest absolute Gasteiger partial charge is 0.750 e. The van der Waals surface area contributed by atoms with E-state index < -0.39 is 34.9 Å². The minimum atomic E-state index is -2.78. The number of halogens is 1. The molecule has 3 rings (SSSR count). The van der Waals surface area contributed by atoms with Crippen molar-refractivity contribution in [3.63, 3.8) is 0 Å². The maximum absolute atomic E-state index is 13.2. The molecule has 26 heavy (non-hydrogen) atoms. The molecule has 2 atom stereocenters. The summed E-state index contributed by atoms with van der Waals surface area (Å²) in [7, 11) is 0. The van der Waals surface area contributed by atoms with Gasteiger partial charge in [-0.3, -0.25) is 8.98 Å². The van der Waals surface area contributed by atoms with Crippen LogP contribution in [0.5, 0.6) is 0 Å². The molecule has 1 aliphatic rings.